The van der Waals surface area contributed by atoms with Gasteiger partial charge in [0, 0.05) is 41.3 Å². The third-order valence-corrected chi connectivity index (χ3v) is 10.5. The van der Waals surface area contributed by atoms with Gasteiger partial charge in [-0.3, -0.25) is 0 Å². The minimum atomic E-state index is 1.19. The Bertz CT molecular complexity index is 2420. The van der Waals surface area contributed by atoms with Crippen LogP contribution in [-0.2, 0) is 0 Å². The standard InChI is InChI=1S/C38H23NS2/c1-2-12-24(13-3-1)39-31-20-8-6-16-29(31)38-37(39)36-28(19-11-23-34(36)41-38)26-15-5-4-14-25(26)27-18-10-22-33-35(27)30-17-7-9-21-32(30)40-33/h1-23H. The number of hydrogen-bond donors (Lipinski definition) is 0. The molecule has 0 saturated heterocycles. The second-order valence-corrected chi connectivity index (χ2v) is 12.6. The highest BCUT2D eigenvalue weighted by atomic mass is 32.1. The lowest BCUT2D eigenvalue weighted by Crippen LogP contribution is -1.94. The Labute approximate surface area is 245 Å². The van der Waals surface area contributed by atoms with Gasteiger partial charge in [-0.2, -0.15) is 0 Å². The summed E-state index contributed by atoms with van der Waals surface area (Å²) in [6.07, 6.45) is 0. The van der Waals surface area contributed by atoms with E-state index in [0.29, 0.717) is 0 Å². The molecule has 0 radical (unpaired) electrons. The maximum Gasteiger partial charge on any atom is 0.0734 e. The fraction of sp³-hybridized carbons (Fsp3) is 0. The van der Waals surface area contributed by atoms with Crippen LogP contribution in [0.3, 0.4) is 0 Å². The molecule has 9 aromatic rings. The van der Waals surface area contributed by atoms with Crippen LogP contribution >= 0.6 is 22.7 Å². The van der Waals surface area contributed by atoms with Crippen molar-refractivity contribution >= 4 is 74.1 Å². The van der Waals surface area contributed by atoms with Crippen LogP contribution in [0.1, 0.15) is 0 Å². The van der Waals surface area contributed by atoms with Crippen molar-refractivity contribution in [1.29, 1.82) is 0 Å². The first-order chi connectivity index (χ1) is 20.4. The number of aromatic nitrogens is 1. The number of fused-ring (bicyclic) bond motifs is 8. The molecule has 0 amide bonds. The Morgan fingerprint density at radius 2 is 0.951 bits per heavy atom. The molecular weight excluding hydrogens is 535 g/mol. The molecule has 0 atom stereocenters. The molecule has 3 heterocycles. The van der Waals surface area contributed by atoms with Crippen molar-refractivity contribution in [3.8, 4) is 27.9 Å². The van der Waals surface area contributed by atoms with E-state index in [1.165, 1.54) is 79.3 Å². The number of benzene rings is 6. The van der Waals surface area contributed by atoms with Crippen molar-refractivity contribution in [1.82, 2.24) is 4.57 Å². The predicted molar refractivity (Wildman–Crippen MR) is 180 cm³/mol. The third kappa shape index (κ3) is 3.34. The molecular formula is C38H23NS2. The number of thiophene rings is 2. The van der Waals surface area contributed by atoms with Crippen molar-refractivity contribution in [3.05, 3.63) is 140 Å². The van der Waals surface area contributed by atoms with Gasteiger partial charge < -0.3 is 4.57 Å². The number of rotatable bonds is 3. The SMILES string of the molecule is c1ccc(-n2c3ccccc3c3sc4cccc(-c5ccccc5-c5cccc6sc7ccccc7c56)c4c32)cc1. The van der Waals surface area contributed by atoms with Crippen LogP contribution in [-0.4, -0.2) is 4.57 Å². The molecule has 0 saturated carbocycles. The van der Waals surface area contributed by atoms with E-state index in [-0.39, 0.29) is 0 Å². The molecule has 3 aromatic heterocycles. The molecule has 6 aromatic carbocycles. The summed E-state index contributed by atoms with van der Waals surface area (Å²) in [4.78, 5) is 0. The lowest BCUT2D eigenvalue weighted by molar-refractivity contribution is 1.19. The zero-order chi connectivity index (χ0) is 26.9. The van der Waals surface area contributed by atoms with Crippen molar-refractivity contribution in [3.63, 3.8) is 0 Å². The smallest absolute Gasteiger partial charge is 0.0734 e. The molecule has 192 valence electrons. The molecule has 9 rings (SSSR count). The van der Waals surface area contributed by atoms with Gasteiger partial charge in [-0.05, 0) is 58.7 Å². The second kappa shape index (κ2) is 8.90. The zero-order valence-electron chi connectivity index (χ0n) is 22.0. The van der Waals surface area contributed by atoms with Gasteiger partial charge in [0.25, 0.3) is 0 Å². The predicted octanol–water partition coefficient (Wildman–Crippen LogP) is 11.7. The van der Waals surface area contributed by atoms with Crippen molar-refractivity contribution < 1.29 is 0 Å². The van der Waals surface area contributed by atoms with Gasteiger partial charge in [0.15, 0.2) is 0 Å². The van der Waals surface area contributed by atoms with Crippen LogP contribution in [0.4, 0.5) is 0 Å². The van der Waals surface area contributed by atoms with Crippen LogP contribution in [0.15, 0.2) is 140 Å². The van der Waals surface area contributed by atoms with Crippen LogP contribution in [0.2, 0.25) is 0 Å². The maximum absolute atomic E-state index is 2.46. The minimum Gasteiger partial charge on any atom is -0.308 e. The first-order valence-corrected chi connectivity index (χ1v) is 15.5. The average molecular weight is 558 g/mol. The van der Waals surface area contributed by atoms with Crippen molar-refractivity contribution in [2.75, 3.05) is 0 Å². The third-order valence-electron chi connectivity index (χ3n) is 8.23. The van der Waals surface area contributed by atoms with Crippen LogP contribution in [0, 0.1) is 0 Å². The normalized spacial score (nSPS) is 11.9. The van der Waals surface area contributed by atoms with Gasteiger partial charge in [-0.15, -0.1) is 22.7 Å². The Balaban J connectivity index is 1.41. The number of para-hydroxylation sites is 2. The largest absolute Gasteiger partial charge is 0.308 e. The zero-order valence-corrected chi connectivity index (χ0v) is 23.7. The number of nitrogens with zero attached hydrogens (tertiary/aromatic N) is 1. The van der Waals surface area contributed by atoms with Crippen LogP contribution in [0.5, 0.6) is 0 Å². The van der Waals surface area contributed by atoms with Gasteiger partial charge in [-0.25, -0.2) is 0 Å². The van der Waals surface area contributed by atoms with E-state index in [9.17, 15) is 0 Å². The highest BCUT2D eigenvalue weighted by Crippen LogP contribution is 2.48. The molecule has 0 aliphatic rings. The summed E-state index contributed by atoms with van der Waals surface area (Å²) >= 11 is 3.78. The van der Waals surface area contributed by atoms with Gasteiger partial charge in [0.2, 0.25) is 0 Å². The van der Waals surface area contributed by atoms with Gasteiger partial charge in [0.05, 0.1) is 15.7 Å². The van der Waals surface area contributed by atoms with Gasteiger partial charge in [-0.1, -0.05) is 103 Å². The van der Waals surface area contributed by atoms with E-state index in [2.05, 4.69) is 144 Å². The summed E-state index contributed by atoms with van der Waals surface area (Å²) in [6, 6.07) is 50.9. The fourth-order valence-corrected chi connectivity index (χ4v) is 8.91. The van der Waals surface area contributed by atoms with Crippen LogP contribution in [0.25, 0.3) is 79.3 Å². The fourth-order valence-electron chi connectivity index (χ4n) is 6.53. The quantitative estimate of drug-likeness (QED) is 0.204. The average Bonchev–Trinajstić information content (AvgIpc) is 3.70. The summed E-state index contributed by atoms with van der Waals surface area (Å²) in [5.74, 6) is 0. The summed E-state index contributed by atoms with van der Waals surface area (Å²) in [5.41, 5.74) is 8.85. The Morgan fingerprint density at radius 3 is 1.73 bits per heavy atom. The van der Waals surface area contributed by atoms with Crippen LogP contribution < -0.4 is 0 Å². The highest BCUT2D eigenvalue weighted by Gasteiger charge is 2.22. The molecule has 0 aliphatic heterocycles. The second-order valence-electron chi connectivity index (χ2n) is 10.5. The van der Waals surface area contributed by atoms with Crippen molar-refractivity contribution in [2.24, 2.45) is 0 Å². The van der Waals surface area contributed by atoms with E-state index in [1.54, 1.807) is 0 Å². The lowest BCUT2D eigenvalue weighted by atomic mass is 9.90. The molecule has 41 heavy (non-hydrogen) atoms. The molecule has 3 heteroatoms. The van der Waals surface area contributed by atoms with E-state index >= 15 is 0 Å². The molecule has 0 fully saturated rings. The Morgan fingerprint density at radius 1 is 0.390 bits per heavy atom. The molecule has 0 unspecified atom stereocenters. The van der Waals surface area contributed by atoms with Gasteiger partial charge in [0.1, 0.15) is 0 Å². The van der Waals surface area contributed by atoms with E-state index < -0.39 is 0 Å². The first kappa shape index (κ1) is 23.0. The highest BCUT2D eigenvalue weighted by molar-refractivity contribution is 7.27. The minimum absolute atomic E-state index is 1.19. The lowest BCUT2D eigenvalue weighted by Gasteiger charge is -2.14. The number of hydrogen-bond acceptors (Lipinski definition) is 2. The maximum atomic E-state index is 2.46. The van der Waals surface area contributed by atoms with E-state index in [4.69, 9.17) is 0 Å². The Hall–Kier alpha value is -4.70. The summed E-state index contributed by atoms with van der Waals surface area (Å²) < 4.78 is 7.79. The molecule has 0 spiro atoms. The van der Waals surface area contributed by atoms with E-state index in [0.717, 1.165) is 0 Å². The first-order valence-electron chi connectivity index (χ1n) is 13.9. The molecule has 0 aliphatic carbocycles. The molecule has 0 N–H and O–H groups in total. The summed E-state index contributed by atoms with van der Waals surface area (Å²) in [5, 5.41) is 5.31. The van der Waals surface area contributed by atoms with E-state index in [1.807, 2.05) is 22.7 Å². The molecule has 0 bridgehead atoms. The summed E-state index contributed by atoms with van der Waals surface area (Å²) in [6.45, 7) is 0. The monoisotopic (exact) mass is 557 g/mol. The summed E-state index contributed by atoms with van der Waals surface area (Å²) in [7, 11) is 0. The Kier molecular flexibility index (Phi) is 5.00. The van der Waals surface area contributed by atoms with Crippen molar-refractivity contribution in [2.45, 2.75) is 0 Å². The van der Waals surface area contributed by atoms with Gasteiger partial charge >= 0.3 is 0 Å². The molecule has 1 nitrogen and oxygen atoms in total. The topological polar surface area (TPSA) is 4.93 Å².